The van der Waals surface area contributed by atoms with Crippen molar-refractivity contribution in [1.29, 1.82) is 0 Å². The van der Waals surface area contributed by atoms with E-state index in [-0.39, 0.29) is 11.3 Å². The van der Waals surface area contributed by atoms with Crippen LogP contribution in [0.5, 0.6) is 5.75 Å². The van der Waals surface area contributed by atoms with Crippen molar-refractivity contribution in [3.63, 3.8) is 0 Å². The highest BCUT2D eigenvalue weighted by atomic mass is 31.1. The molecular formula is C47H57OP. The zero-order valence-electron chi connectivity index (χ0n) is 32.7. The van der Waals surface area contributed by atoms with Gasteiger partial charge in [-0.15, -0.1) is 0 Å². The molecule has 0 saturated carbocycles. The minimum atomic E-state index is -0.138. The second kappa shape index (κ2) is 13.6. The normalized spacial score (nSPS) is 12.2. The van der Waals surface area contributed by atoms with Gasteiger partial charge in [-0.1, -0.05) is 97.8 Å². The Hall–Kier alpha value is -3.67. The maximum absolute atomic E-state index is 11.6. The van der Waals surface area contributed by atoms with Crippen LogP contribution in [0.2, 0.25) is 0 Å². The largest absolute Gasteiger partial charge is 0.507 e. The first kappa shape index (κ1) is 36.6. The van der Waals surface area contributed by atoms with Gasteiger partial charge in [-0.3, -0.25) is 0 Å². The summed E-state index contributed by atoms with van der Waals surface area (Å²) in [5.74, 6) is 0.711. The molecule has 5 aromatic carbocycles. The van der Waals surface area contributed by atoms with Crippen LogP contribution in [-0.2, 0) is 5.41 Å². The molecule has 0 fully saturated rings. The van der Waals surface area contributed by atoms with E-state index >= 15 is 0 Å². The van der Waals surface area contributed by atoms with E-state index in [1.54, 1.807) is 0 Å². The highest BCUT2D eigenvalue weighted by Gasteiger charge is 2.26. The lowest BCUT2D eigenvalue weighted by molar-refractivity contribution is 0.451. The van der Waals surface area contributed by atoms with Crippen molar-refractivity contribution in [3.8, 4) is 39.1 Å². The summed E-state index contributed by atoms with van der Waals surface area (Å²) in [6.07, 6.45) is 0. The molecule has 5 aromatic rings. The molecule has 0 aliphatic heterocycles. The van der Waals surface area contributed by atoms with Gasteiger partial charge in [0.15, 0.2) is 0 Å². The summed E-state index contributed by atoms with van der Waals surface area (Å²) in [4.78, 5) is 0. The van der Waals surface area contributed by atoms with Gasteiger partial charge in [-0.25, -0.2) is 0 Å². The van der Waals surface area contributed by atoms with Crippen LogP contribution in [0, 0.1) is 69.2 Å². The lowest BCUT2D eigenvalue weighted by Gasteiger charge is -2.28. The lowest BCUT2D eigenvalue weighted by Crippen LogP contribution is -2.17. The third-order valence-electron chi connectivity index (χ3n) is 11.7. The van der Waals surface area contributed by atoms with Crippen LogP contribution in [-0.4, -0.2) is 5.11 Å². The van der Waals surface area contributed by atoms with E-state index in [4.69, 9.17) is 0 Å². The Morgan fingerprint density at radius 3 is 1.27 bits per heavy atom. The second-order valence-corrected chi connectivity index (χ2v) is 17.1. The maximum Gasteiger partial charge on any atom is 0.127 e. The van der Waals surface area contributed by atoms with Crippen LogP contribution in [0.3, 0.4) is 0 Å². The molecule has 0 aromatic heterocycles. The third-order valence-corrected chi connectivity index (χ3v) is 13.0. The molecule has 0 bridgehead atoms. The SMILES string of the molecule is Cc1c(C)c(C)c(-c2cccc(-c3c(C)c(C)c(C)c(C)c3C)c2-c2cccc(Pc3cccc(C(C)(C)C)c3O)c2C(C)C)c(C)c1C. The number of para-hydroxylation sites is 1. The Kier molecular flexibility index (Phi) is 10.1. The summed E-state index contributed by atoms with van der Waals surface area (Å²) in [5.41, 5.74) is 23.8. The predicted molar refractivity (Wildman–Crippen MR) is 219 cm³/mol. The molecule has 0 aliphatic rings. The van der Waals surface area contributed by atoms with Crippen molar-refractivity contribution in [1.82, 2.24) is 0 Å². The van der Waals surface area contributed by atoms with Crippen LogP contribution >= 0.6 is 8.58 Å². The maximum atomic E-state index is 11.6. The molecule has 49 heavy (non-hydrogen) atoms. The van der Waals surface area contributed by atoms with Gasteiger partial charge in [0.25, 0.3) is 0 Å². The zero-order valence-corrected chi connectivity index (χ0v) is 33.7. The van der Waals surface area contributed by atoms with E-state index in [0.717, 1.165) is 10.9 Å². The molecule has 1 N–H and O–H groups in total. The van der Waals surface area contributed by atoms with Crippen LogP contribution in [0.1, 0.15) is 107 Å². The molecule has 0 radical (unpaired) electrons. The second-order valence-electron chi connectivity index (χ2n) is 15.7. The molecule has 0 aliphatic carbocycles. The highest BCUT2D eigenvalue weighted by Crippen LogP contribution is 2.48. The van der Waals surface area contributed by atoms with Gasteiger partial charge in [0, 0.05) is 5.30 Å². The van der Waals surface area contributed by atoms with Gasteiger partial charge < -0.3 is 5.11 Å². The van der Waals surface area contributed by atoms with Crippen molar-refractivity contribution in [2.24, 2.45) is 0 Å². The average Bonchev–Trinajstić information content (AvgIpc) is 3.05. The Morgan fingerprint density at radius 1 is 0.469 bits per heavy atom. The molecule has 5 rings (SSSR count). The van der Waals surface area contributed by atoms with Gasteiger partial charge in [0.1, 0.15) is 5.75 Å². The summed E-state index contributed by atoms with van der Waals surface area (Å²) in [5, 5.41) is 13.9. The predicted octanol–water partition coefficient (Wildman–Crippen LogP) is 12.5. The van der Waals surface area contributed by atoms with E-state index in [1.807, 2.05) is 0 Å². The van der Waals surface area contributed by atoms with Crippen molar-refractivity contribution in [2.45, 2.75) is 115 Å². The van der Waals surface area contributed by atoms with Gasteiger partial charge >= 0.3 is 0 Å². The zero-order chi connectivity index (χ0) is 36.3. The lowest BCUT2D eigenvalue weighted by atomic mass is 9.77. The average molecular weight is 669 g/mol. The number of rotatable bonds is 6. The minimum absolute atomic E-state index is 0.138. The van der Waals surface area contributed by atoms with E-state index in [9.17, 15) is 5.11 Å². The van der Waals surface area contributed by atoms with Gasteiger partial charge in [0.2, 0.25) is 0 Å². The Bertz CT molecular complexity index is 1960. The Balaban J connectivity index is 1.94. The van der Waals surface area contributed by atoms with Gasteiger partial charge in [0.05, 0.1) is 0 Å². The molecule has 1 atom stereocenters. The van der Waals surface area contributed by atoms with Gasteiger partial charge in [-0.05, 0) is 186 Å². The molecule has 0 spiro atoms. The Labute approximate surface area is 299 Å². The standard InChI is InChI=1S/C47H57OP/c1-25(2)42-36(21-17-23-40(42)49-41-24-18-22-39(46(41)48)47(13,14)15)45-37(43-32(9)28(5)26(3)29(6)33(43)10)19-16-20-38(45)44-34(11)30(7)27(4)31(8)35(44)12/h16-25,48-49H,1-15H3. The van der Waals surface area contributed by atoms with Crippen LogP contribution in [0.15, 0.2) is 54.6 Å². The Morgan fingerprint density at radius 2 is 0.837 bits per heavy atom. The van der Waals surface area contributed by atoms with Crippen molar-refractivity contribution in [3.05, 3.63) is 121 Å². The van der Waals surface area contributed by atoms with Crippen LogP contribution in [0.4, 0.5) is 0 Å². The summed E-state index contributed by atoms with van der Waals surface area (Å²) in [6, 6.07) is 20.2. The van der Waals surface area contributed by atoms with E-state index in [1.165, 1.54) is 99.9 Å². The molecule has 256 valence electrons. The summed E-state index contributed by atoms with van der Waals surface area (Å²) >= 11 is 0. The summed E-state index contributed by atoms with van der Waals surface area (Å²) in [6.45, 7) is 34.1. The smallest absolute Gasteiger partial charge is 0.127 e. The minimum Gasteiger partial charge on any atom is -0.507 e. The van der Waals surface area contributed by atoms with Crippen molar-refractivity contribution in [2.75, 3.05) is 0 Å². The van der Waals surface area contributed by atoms with E-state index in [2.05, 4.69) is 158 Å². The molecule has 0 saturated heterocycles. The number of aromatic hydroxyl groups is 1. The molecule has 1 unspecified atom stereocenters. The highest BCUT2D eigenvalue weighted by molar-refractivity contribution is 7.56. The fraction of sp³-hybridized carbons (Fsp3) is 0.362. The first-order chi connectivity index (χ1) is 22.9. The molecule has 2 heteroatoms. The first-order valence-corrected chi connectivity index (χ1v) is 18.9. The van der Waals surface area contributed by atoms with Crippen molar-refractivity contribution >= 4 is 19.2 Å². The summed E-state index contributed by atoms with van der Waals surface area (Å²) in [7, 11) is 0.340. The number of hydrogen-bond donors (Lipinski definition) is 1. The fourth-order valence-corrected chi connectivity index (χ4v) is 9.44. The van der Waals surface area contributed by atoms with Crippen molar-refractivity contribution < 1.29 is 5.11 Å². The van der Waals surface area contributed by atoms with E-state index in [0.29, 0.717) is 14.3 Å². The number of phenolic OH excluding ortho intramolecular Hbond substituents is 1. The third kappa shape index (κ3) is 6.30. The van der Waals surface area contributed by atoms with Crippen LogP contribution in [0.25, 0.3) is 33.4 Å². The molecule has 0 amide bonds. The molecule has 1 nitrogen and oxygen atoms in total. The number of benzene rings is 5. The molecular weight excluding hydrogens is 611 g/mol. The van der Waals surface area contributed by atoms with E-state index < -0.39 is 0 Å². The number of hydrogen-bond acceptors (Lipinski definition) is 1. The summed E-state index contributed by atoms with van der Waals surface area (Å²) < 4.78 is 0. The number of phenols is 1. The first-order valence-electron chi connectivity index (χ1n) is 17.9. The van der Waals surface area contributed by atoms with Crippen LogP contribution < -0.4 is 10.6 Å². The molecule has 0 heterocycles. The van der Waals surface area contributed by atoms with Gasteiger partial charge in [-0.2, -0.15) is 0 Å². The monoisotopic (exact) mass is 668 g/mol. The fourth-order valence-electron chi connectivity index (χ4n) is 7.98. The quantitative estimate of drug-likeness (QED) is 0.179. The topological polar surface area (TPSA) is 20.2 Å².